The zero-order chi connectivity index (χ0) is 16.8. The molecule has 0 saturated heterocycles. The van der Waals surface area contributed by atoms with Gasteiger partial charge in [0, 0.05) is 25.9 Å². The molecule has 0 aromatic carbocycles. The van der Waals surface area contributed by atoms with Gasteiger partial charge >= 0.3 is 6.03 Å². The quantitative estimate of drug-likeness (QED) is 0.718. The summed E-state index contributed by atoms with van der Waals surface area (Å²) in [5.74, 6) is 0.550. The van der Waals surface area contributed by atoms with Crippen LogP contribution in [0.1, 0.15) is 39.5 Å². The molecule has 0 radical (unpaired) electrons. The van der Waals surface area contributed by atoms with Crippen LogP contribution >= 0.6 is 0 Å². The smallest absolute Gasteiger partial charge is 0.317 e. The number of hydrogen-bond acceptors (Lipinski definition) is 4. The molecule has 0 aromatic rings. The van der Waals surface area contributed by atoms with E-state index in [9.17, 15) is 13.2 Å². The van der Waals surface area contributed by atoms with Gasteiger partial charge in [-0.25, -0.2) is 13.2 Å². The van der Waals surface area contributed by atoms with E-state index >= 15 is 0 Å². The third-order valence-electron chi connectivity index (χ3n) is 4.27. The average molecular weight is 334 g/mol. The molecule has 0 aromatic heterocycles. The molecule has 6 nitrogen and oxygen atoms in total. The molecule has 22 heavy (non-hydrogen) atoms. The fourth-order valence-electron chi connectivity index (χ4n) is 2.77. The minimum absolute atomic E-state index is 0.0347. The molecule has 1 rings (SSSR count). The molecule has 2 amide bonds. The summed E-state index contributed by atoms with van der Waals surface area (Å²) in [6.45, 7) is 4.87. The van der Waals surface area contributed by atoms with Gasteiger partial charge in [-0.15, -0.1) is 0 Å². The Hall–Kier alpha value is -0.820. The number of rotatable bonds is 7. The van der Waals surface area contributed by atoms with Gasteiger partial charge in [-0.1, -0.05) is 19.8 Å². The van der Waals surface area contributed by atoms with Crippen molar-refractivity contribution in [1.29, 1.82) is 0 Å². The van der Waals surface area contributed by atoms with Gasteiger partial charge in [0.25, 0.3) is 0 Å². The number of nitrogens with zero attached hydrogens (tertiary/aromatic N) is 1. The Kier molecular flexibility index (Phi) is 7.62. The van der Waals surface area contributed by atoms with Crippen molar-refractivity contribution in [2.75, 3.05) is 32.2 Å². The van der Waals surface area contributed by atoms with E-state index < -0.39 is 9.84 Å². The van der Waals surface area contributed by atoms with Crippen molar-refractivity contribution < 1.29 is 17.9 Å². The number of ether oxygens (including phenoxy) is 1. The molecule has 130 valence electrons. The lowest BCUT2D eigenvalue weighted by Gasteiger charge is -2.29. The van der Waals surface area contributed by atoms with Gasteiger partial charge in [0.1, 0.15) is 9.84 Å². The average Bonchev–Trinajstić information content (AvgIpc) is 2.42. The predicted octanol–water partition coefficient (Wildman–Crippen LogP) is 1.66. The second-order valence-electron chi connectivity index (χ2n) is 6.46. The van der Waals surface area contributed by atoms with E-state index in [1.165, 1.54) is 30.4 Å². The summed E-state index contributed by atoms with van der Waals surface area (Å²) in [6, 6.07) is -0.620. The molecule has 1 fully saturated rings. The van der Waals surface area contributed by atoms with Gasteiger partial charge in [-0.05, 0) is 25.7 Å². The minimum Gasteiger partial charge on any atom is -0.376 e. The minimum atomic E-state index is -3.09. The van der Waals surface area contributed by atoms with Crippen LogP contribution < -0.4 is 5.32 Å². The number of carbonyl (C=O) groups is 1. The maximum atomic E-state index is 12.0. The maximum Gasteiger partial charge on any atom is 0.317 e. The number of hydrogen-bond donors (Lipinski definition) is 1. The highest BCUT2D eigenvalue weighted by molar-refractivity contribution is 7.90. The van der Waals surface area contributed by atoms with Gasteiger partial charge in [0.2, 0.25) is 0 Å². The van der Waals surface area contributed by atoms with Crippen molar-refractivity contribution in [3.8, 4) is 0 Å². The van der Waals surface area contributed by atoms with Crippen LogP contribution in [0, 0.1) is 5.92 Å². The summed E-state index contributed by atoms with van der Waals surface area (Å²) >= 11 is 0. The first-order chi connectivity index (χ1) is 10.2. The number of nitrogens with one attached hydrogen (secondary N) is 1. The van der Waals surface area contributed by atoms with E-state index in [0.717, 1.165) is 6.42 Å². The lowest BCUT2D eigenvalue weighted by molar-refractivity contribution is -0.00271. The summed E-state index contributed by atoms with van der Waals surface area (Å²) < 4.78 is 28.4. The monoisotopic (exact) mass is 334 g/mol. The van der Waals surface area contributed by atoms with Crippen LogP contribution in [0.15, 0.2) is 0 Å². The van der Waals surface area contributed by atoms with E-state index in [1.807, 2.05) is 0 Å². The Morgan fingerprint density at radius 3 is 2.59 bits per heavy atom. The topological polar surface area (TPSA) is 75.7 Å². The molecule has 1 aliphatic rings. The normalized spacial score (nSPS) is 23.8. The van der Waals surface area contributed by atoms with E-state index in [2.05, 4.69) is 12.2 Å². The predicted molar refractivity (Wildman–Crippen MR) is 87.7 cm³/mol. The second kappa shape index (κ2) is 8.72. The van der Waals surface area contributed by atoms with Gasteiger partial charge in [-0.3, -0.25) is 0 Å². The highest BCUT2D eigenvalue weighted by Gasteiger charge is 2.22. The largest absolute Gasteiger partial charge is 0.376 e. The van der Waals surface area contributed by atoms with Gasteiger partial charge in [0.05, 0.1) is 18.5 Å². The highest BCUT2D eigenvalue weighted by atomic mass is 32.2. The summed E-state index contributed by atoms with van der Waals surface area (Å²) in [6.07, 6.45) is 6.28. The van der Waals surface area contributed by atoms with Crippen molar-refractivity contribution in [3.05, 3.63) is 0 Å². The molecule has 7 heteroatoms. The number of carbonyl (C=O) groups excluding carboxylic acids is 1. The zero-order valence-corrected chi connectivity index (χ0v) is 15.0. The van der Waals surface area contributed by atoms with Crippen LogP contribution in [0.25, 0.3) is 0 Å². The molecule has 1 N–H and O–H groups in total. The Balaban J connectivity index is 2.24. The molecule has 1 aliphatic carbocycles. The SMILES string of the molecule is C[C@@H]1CCCC[C@@H]1OCCNC(=O)N(C)[C@H](C)CS(C)(=O)=O. The van der Waals surface area contributed by atoms with Crippen LogP contribution in [-0.4, -0.2) is 63.7 Å². The summed E-state index contributed by atoms with van der Waals surface area (Å²) in [4.78, 5) is 13.4. The highest BCUT2D eigenvalue weighted by Crippen LogP contribution is 2.25. The molecular weight excluding hydrogens is 304 g/mol. The van der Waals surface area contributed by atoms with Crippen molar-refractivity contribution in [3.63, 3.8) is 0 Å². The van der Waals surface area contributed by atoms with E-state index in [1.54, 1.807) is 14.0 Å². The van der Waals surface area contributed by atoms with E-state index in [0.29, 0.717) is 25.2 Å². The van der Waals surface area contributed by atoms with Crippen LogP contribution in [0.5, 0.6) is 0 Å². The summed E-state index contributed by atoms with van der Waals surface area (Å²) in [5, 5.41) is 2.77. The number of urea groups is 1. The van der Waals surface area contributed by atoms with E-state index in [4.69, 9.17) is 4.74 Å². The first kappa shape index (κ1) is 19.2. The molecule has 0 bridgehead atoms. The van der Waals surface area contributed by atoms with Gasteiger partial charge in [-0.2, -0.15) is 0 Å². The summed E-state index contributed by atoms with van der Waals surface area (Å²) in [5.41, 5.74) is 0. The third-order valence-corrected chi connectivity index (χ3v) is 5.36. The number of amides is 2. The lowest BCUT2D eigenvalue weighted by Crippen LogP contribution is -2.46. The first-order valence-electron chi connectivity index (χ1n) is 8.00. The van der Waals surface area contributed by atoms with Gasteiger partial charge in [0.15, 0.2) is 0 Å². The Morgan fingerprint density at radius 1 is 1.36 bits per heavy atom. The third kappa shape index (κ3) is 6.96. The first-order valence-corrected chi connectivity index (χ1v) is 10.1. The van der Waals surface area contributed by atoms with Crippen LogP contribution in [0.4, 0.5) is 4.79 Å². The van der Waals surface area contributed by atoms with Crippen LogP contribution in [-0.2, 0) is 14.6 Å². The van der Waals surface area contributed by atoms with Crippen LogP contribution in [0.2, 0.25) is 0 Å². The Morgan fingerprint density at radius 2 is 2.00 bits per heavy atom. The molecule has 3 atom stereocenters. The lowest BCUT2D eigenvalue weighted by atomic mass is 9.88. The second-order valence-corrected chi connectivity index (χ2v) is 8.64. The fraction of sp³-hybridized carbons (Fsp3) is 0.933. The van der Waals surface area contributed by atoms with Crippen LogP contribution in [0.3, 0.4) is 0 Å². The Bertz CT molecular complexity index is 452. The molecule has 0 unspecified atom stereocenters. The molecule has 0 aliphatic heterocycles. The maximum absolute atomic E-state index is 12.0. The van der Waals surface area contributed by atoms with Crippen molar-refractivity contribution in [2.45, 2.75) is 51.7 Å². The molecule has 0 heterocycles. The standard InChI is InChI=1S/C15H30N2O4S/c1-12-7-5-6-8-14(12)21-10-9-16-15(18)17(3)13(2)11-22(4,19)20/h12-14H,5-11H2,1-4H3,(H,16,18)/t12-,13-,14+/m1/s1. The van der Waals surface area contributed by atoms with E-state index in [-0.39, 0.29) is 17.8 Å². The molecule has 0 spiro atoms. The van der Waals surface area contributed by atoms with Crippen molar-refractivity contribution >= 4 is 15.9 Å². The molecular formula is C15H30N2O4S. The number of sulfone groups is 1. The zero-order valence-electron chi connectivity index (χ0n) is 14.2. The fourth-order valence-corrected chi connectivity index (χ4v) is 3.87. The summed E-state index contributed by atoms with van der Waals surface area (Å²) in [7, 11) is -1.49. The van der Waals surface area contributed by atoms with Gasteiger partial charge < -0.3 is 15.0 Å². The van der Waals surface area contributed by atoms with Crippen molar-refractivity contribution in [1.82, 2.24) is 10.2 Å². The molecule has 1 saturated carbocycles. The van der Waals surface area contributed by atoms with Crippen molar-refractivity contribution in [2.24, 2.45) is 5.92 Å². The Labute approximate surface area is 134 Å².